The minimum absolute atomic E-state index is 0.634. The number of ether oxygens (including phenoxy) is 1. The number of hydrogen-bond acceptors (Lipinski definition) is 3. The van der Waals surface area contributed by atoms with Gasteiger partial charge in [0.15, 0.2) is 0 Å². The molecule has 0 heterocycles. The average Bonchev–Trinajstić information content (AvgIpc) is 2.53. The van der Waals surface area contributed by atoms with Crippen LogP contribution in [0.5, 0.6) is 5.75 Å². The van der Waals surface area contributed by atoms with Crippen LogP contribution in [0.3, 0.4) is 0 Å². The smallest absolute Gasteiger partial charge is 0.118 e. The summed E-state index contributed by atoms with van der Waals surface area (Å²) < 4.78 is 5.13. The van der Waals surface area contributed by atoms with Crippen LogP contribution >= 0.6 is 0 Å². The lowest BCUT2D eigenvalue weighted by atomic mass is 10.0. The topological polar surface area (TPSA) is 36.3 Å². The Labute approximate surface area is 125 Å². The van der Waals surface area contributed by atoms with E-state index in [-0.39, 0.29) is 0 Å². The maximum absolute atomic E-state index is 9.35. The molecule has 0 fully saturated rings. The van der Waals surface area contributed by atoms with Crippen molar-refractivity contribution in [2.75, 3.05) is 26.1 Å². The standard InChI is InChI=1S/C18H18N2O/c1-20(2)17-8-4-14(5-9-17)12-16(13-19)15-6-10-18(21-3)11-7-15/h4-12H,1-3H3/b16-12+. The third-order valence-corrected chi connectivity index (χ3v) is 3.24. The van der Waals surface area contributed by atoms with Crippen molar-refractivity contribution in [3.05, 3.63) is 59.7 Å². The zero-order chi connectivity index (χ0) is 15.2. The second kappa shape index (κ2) is 6.62. The van der Waals surface area contributed by atoms with Crippen molar-refractivity contribution < 1.29 is 4.74 Å². The molecule has 0 saturated carbocycles. The van der Waals surface area contributed by atoms with E-state index in [1.807, 2.05) is 73.6 Å². The lowest BCUT2D eigenvalue weighted by Gasteiger charge is -2.12. The van der Waals surface area contributed by atoms with Crippen molar-refractivity contribution in [3.8, 4) is 11.8 Å². The third kappa shape index (κ3) is 3.64. The first kappa shape index (κ1) is 14.7. The first-order chi connectivity index (χ1) is 10.1. The lowest BCUT2D eigenvalue weighted by Crippen LogP contribution is -2.07. The zero-order valence-corrected chi connectivity index (χ0v) is 12.5. The first-order valence-electron chi connectivity index (χ1n) is 6.67. The molecule has 0 atom stereocenters. The molecule has 0 N–H and O–H groups in total. The number of nitrogens with zero attached hydrogens (tertiary/aromatic N) is 2. The molecule has 2 rings (SSSR count). The highest BCUT2D eigenvalue weighted by Crippen LogP contribution is 2.21. The summed E-state index contributed by atoms with van der Waals surface area (Å²) in [5.74, 6) is 0.784. The van der Waals surface area contributed by atoms with E-state index in [0.29, 0.717) is 5.57 Å². The van der Waals surface area contributed by atoms with Crippen LogP contribution in [-0.2, 0) is 0 Å². The molecular weight excluding hydrogens is 260 g/mol. The Morgan fingerprint density at radius 3 is 2.14 bits per heavy atom. The Bertz CT molecular complexity index is 662. The van der Waals surface area contributed by atoms with E-state index in [2.05, 4.69) is 6.07 Å². The Kier molecular flexibility index (Phi) is 4.63. The number of hydrogen-bond donors (Lipinski definition) is 0. The molecule has 0 unspecified atom stereocenters. The van der Waals surface area contributed by atoms with Crippen molar-refractivity contribution in [2.45, 2.75) is 0 Å². The fraction of sp³-hybridized carbons (Fsp3) is 0.167. The van der Waals surface area contributed by atoms with Crippen LogP contribution in [0.2, 0.25) is 0 Å². The van der Waals surface area contributed by atoms with Gasteiger partial charge in [0.05, 0.1) is 18.8 Å². The van der Waals surface area contributed by atoms with Gasteiger partial charge in [-0.1, -0.05) is 12.1 Å². The molecule has 3 heteroatoms. The summed E-state index contributed by atoms with van der Waals surface area (Å²) in [6.45, 7) is 0. The van der Waals surface area contributed by atoms with Gasteiger partial charge in [-0.2, -0.15) is 5.26 Å². The highest BCUT2D eigenvalue weighted by molar-refractivity contribution is 5.89. The van der Waals surface area contributed by atoms with E-state index in [1.165, 1.54) is 0 Å². The number of rotatable bonds is 4. The van der Waals surface area contributed by atoms with Gasteiger partial charge < -0.3 is 9.64 Å². The summed E-state index contributed by atoms with van der Waals surface area (Å²) in [5.41, 5.74) is 3.66. The minimum atomic E-state index is 0.634. The zero-order valence-electron chi connectivity index (χ0n) is 12.5. The predicted molar refractivity (Wildman–Crippen MR) is 87.2 cm³/mol. The second-order valence-corrected chi connectivity index (χ2v) is 4.88. The number of benzene rings is 2. The fourth-order valence-corrected chi connectivity index (χ4v) is 1.99. The summed E-state index contributed by atoms with van der Waals surface area (Å²) in [6, 6.07) is 17.8. The van der Waals surface area contributed by atoms with Gasteiger partial charge in [0.1, 0.15) is 5.75 Å². The number of methoxy groups -OCH3 is 1. The van der Waals surface area contributed by atoms with Gasteiger partial charge in [0.25, 0.3) is 0 Å². The maximum atomic E-state index is 9.35. The maximum Gasteiger partial charge on any atom is 0.118 e. The largest absolute Gasteiger partial charge is 0.497 e. The molecule has 21 heavy (non-hydrogen) atoms. The lowest BCUT2D eigenvalue weighted by molar-refractivity contribution is 0.415. The Morgan fingerprint density at radius 1 is 1.05 bits per heavy atom. The van der Waals surface area contributed by atoms with Crippen LogP contribution in [0.1, 0.15) is 11.1 Å². The molecule has 2 aromatic carbocycles. The molecule has 0 spiro atoms. The summed E-state index contributed by atoms with van der Waals surface area (Å²) >= 11 is 0. The number of nitriles is 1. The molecule has 0 aliphatic carbocycles. The Balaban J connectivity index is 2.29. The molecule has 0 radical (unpaired) electrons. The molecule has 0 saturated heterocycles. The highest BCUT2D eigenvalue weighted by Gasteiger charge is 2.02. The van der Waals surface area contributed by atoms with E-state index in [9.17, 15) is 5.26 Å². The van der Waals surface area contributed by atoms with Crippen LogP contribution in [0.15, 0.2) is 48.5 Å². The molecule has 2 aromatic rings. The highest BCUT2D eigenvalue weighted by atomic mass is 16.5. The number of allylic oxidation sites excluding steroid dienone is 1. The molecule has 106 valence electrons. The van der Waals surface area contributed by atoms with Crippen molar-refractivity contribution in [3.63, 3.8) is 0 Å². The molecule has 3 nitrogen and oxygen atoms in total. The fourth-order valence-electron chi connectivity index (χ4n) is 1.99. The summed E-state index contributed by atoms with van der Waals surface area (Å²) in [5, 5.41) is 9.35. The van der Waals surface area contributed by atoms with E-state index in [4.69, 9.17) is 4.74 Å². The van der Waals surface area contributed by atoms with E-state index >= 15 is 0 Å². The van der Waals surface area contributed by atoms with Crippen LogP contribution in [0, 0.1) is 11.3 Å². The van der Waals surface area contributed by atoms with Crippen molar-refractivity contribution >= 4 is 17.3 Å². The predicted octanol–water partition coefficient (Wildman–Crippen LogP) is 3.83. The molecule has 0 bridgehead atoms. The molecule has 0 aliphatic rings. The van der Waals surface area contributed by atoms with Gasteiger partial charge in [0.2, 0.25) is 0 Å². The van der Waals surface area contributed by atoms with Crippen LogP contribution < -0.4 is 9.64 Å². The van der Waals surface area contributed by atoms with Crippen molar-refractivity contribution in [1.82, 2.24) is 0 Å². The average molecular weight is 278 g/mol. The van der Waals surface area contributed by atoms with Gasteiger partial charge in [-0.3, -0.25) is 0 Å². The van der Waals surface area contributed by atoms with Crippen LogP contribution in [0.4, 0.5) is 5.69 Å². The van der Waals surface area contributed by atoms with Crippen LogP contribution in [0.25, 0.3) is 11.6 Å². The van der Waals surface area contributed by atoms with Gasteiger partial charge >= 0.3 is 0 Å². The van der Waals surface area contributed by atoms with Gasteiger partial charge in [0, 0.05) is 19.8 Å². The van der Waals surface area contributed by atoms with E-state index in [0.717, 1.165) is 22.6 Å². The van der Waals surface area contributed by atoms with Gasteiger partial charge in [-0.15, -0.1) is 0 Å². The van der Waals surface area contributed by atoms with Crippen molar-refractivity contribution in [1.29, 1.82) is 5.26 Å². The van der Waals surface area contributed by atoms with Gasteiger partial charge in [-0.25, -0.2) is 0 Å². The van der Waals surface area contributed by atoms with E-state index in [1.54, 1.807) is 7.11 Å². The quantitative estimate of drug-likeness (QED) is 0.630. The number of anilines is 1. The monoisotopic (exact) mass is 278 g/mol. The summed E-state index contributed by atoms with van der Waals surface area (Å²) in [7, 11) is 5.63. The Morgan fingerprint density at radius 2 is 1.67 bits per heavy atom. The summed E-state index contributed by atoms with van der Waals surface area (Å²) in [4.78, 5) is 2.04. The van der Waals surface area contributed by atoms with E-state index < -0.39 is 0 Å². The van der Waals surface area contributed by atoms with Crippen molar-refractivity contribution in [2.24, 2.45) is 0 Å². The SMILES string of the molecule is COc1ccc(/C(C#N)=C/c2ccc(N(C)C)cc2)cc1. The molecular formula is C18H18N2O. The normalized spacial score (nSPS) is 10.9. The van der Waals surface area contributed by atoms with Gasteiger partial charge in [-0.05, 0) is 53.6 Å². The summed E-state index contributed by atoms with van der Waals surface area (Å²) in [6.07, 6.45) is 1.89. The molecule has 0 amide bonds. The van der Waals surface area contributed by atoms with Crippen LogP contribution in [-0.4, -0.2) is 21.2 Å². The minimum Gasteiger partial charge on any atom is -0.497 e. The third-order valence-electron chi connectivity index (χ3n) is 3.24. The Hall–Kier alpha value is -2.73. The molecule has 0 aromatic heterocycles. The second-order valence-electron chi connectivity index (χ2n) is 4.88. The molecule has 0 aliphatic heterocycles. The first-order valence-corrected chi connectivity index (χ1v) is 6.67.